The predicted octanol–water partition coefficient (Wildman–Crippen LogP) is 5.27. The van der Waals surface area contributed by atoms with Crippen LogP contribution in [0.5, 0.6) is 0 Å². The molecule has 148 valence electrons. The van der Waals surface area contributed by atoms with Crippen molar-refractivity contribution in [3.05, 3.63) is 94.5 Å². The molecule has 3 aromatic carbocycles. The van der Waals surface area contributed by atoms with Gasteiger partial charge < -0.3 is 4.90 Å². The summed E-state index contributed by atoms with van der Waals surface area (Å²) in [5.74, 6) is 0.125. The second kappa shape index (κ2) is 8.81. The monoisotopic (exact) mass is 404 g/mol. The lowest BCUT2D eigenvalue weighted by atomic mass is 9.98. The van der Waals surface area contributed by atoms with Crippen molar-refractivity contribution in [3.8, 4) is 11.1 Å². The summed E-state index contributed by atoms with van der Waals surface area (Å²) >= 11 is 6.36. The van der Waals surface area contributed by atoms with Crippen LogP contribution in [0.25, 0.3) is 11.1 Å². The molecule has 1 fully saturated rings. The van der Waals surface area contributed by atoms with Gasteiger partial charge in [0.05, 0.1) is 0 Å². The number of rotatable bonds is 4. The van der Waals surface area contributed by atoms with E-state index < -0.39 is 0 Å². The van der Waals surface area contributed by atoms with Crippen LogP contribution in [0, 0.1) is 6.92 Å². The number of piperazine rings is 1. The topological polar surface area (TPSA) is 23.6 Å². The molecule has 1 aliphatic heterocycles. The Hall–Kier alpha value is -2.62. The van der Waals surface area contributed by atoms with Crippen LogP contribution in [0.2, 0.25) is 5.02 Å². The molecule has 29 heavy (non-hydrogen) atoms. The highest BCUT2D eigenvalue weighted by Gasteiger charge is 2.22. The van der Waals surface area contributed by atoms with Gasteiger partial charge in [-0.1, -0.05) is 66.2 Å². The molecule has 0 atom stereocenters. The molecule has 1 heterocycles. The summed E-state index contributed by atoms with van der Waals surface area (Å²) in [4.78, 5) is 17.0. The summed E-state index contributed by atoms with van der Waals surface area (Å²) < 4.78 is 0. The zero-order chi connectivity index (χ0) is 20.2. The minimum Gasteiger partial charge on any atom is -0.336 e. The molecule has 1 aliphatic rings. The van der Waals surface area contributed by atoms with E-state index in [4.69, 9.17) is 11.6 Å². The number of benzene rings is 3. The Morgan fingerprint density at radius 2 is 1.59 bits per heavy atom. The number of carbonyl (C=O) groups excluding carboxylic acids is 1. The third-order valence-electron chi connectivity index (χ3n) is 5.57. The fourth-order valence-corrected chi connectivity index (χ4v) is 3.99. The molecule has 1 saturated heterocycles. The van der Waals surface area contributed by atoms with Crippen molar-refractivity contribution in [3.63, 3.8) is 0 Å². The minimum atomic E-state index is 0.125. The van der Waals surface area contributed by atoms with E-state index in [-0.39, 0.29) is 5.91 Å². The van der Waals surface area contributed by atoms with Gasteiger partial charge in [-0.3, -0.25) is 9.69 Å². The summed E-state index contributed by atoms with van der Waals surface area (Å²) in [6, 6.07) is 24.3. The number of hydrogen-bond donors (Lipinski definition) is 0. The van der Waals surface area contributed by atoms with E-state index in [0.717, 1.165) is 54.4 Å². The van der Waals surface area contributed by atoms with Crippen LogP contribution < -0.4 is 0 Å². The Labute approximate surface area is 177 Å². The third-order valence-corrected chi connectivity index (χ3v) is 5.98. The van der Waals surface area contributed by atoms with Gasteiger partial charge in [-0.15, -0.1) is 0 Å². The SMILES string of the molecule is Cc1ccc(-c2ccccc2CN2CCN(C(=O)c3ccccc3)CC2)cc1Cl. The summed E-state index contributed by atoms with van der Waals surface area (Å²) in [7, 11) is 0. The zero-order valence-electron chi connectivity index (χ0n) is 16.6. The Kier molecular flexibility index (Phi) is 5.98. The first kappa shape index (κ1) is 19.7. The van der Waals surface area contributed by atoms with E-state index in [2.05, 4.69) is 41.3 Å². The van der Waals surface area contributed by atoms with Gasteiger partial charge in [0.1, 0.15) is 0 Å². The van der Waals surface area contributed by atoms with Gasteiger partial charge in [-0.2, -0.15) is 0 Å². The van der Waals surface area contributed by atoms with Crippen molar-refractivity contribution in [1.82, 2.24) is 9.80 Å². The molecule has 0 N–H and O–H groups in total. The van der Waals surface area contributed by atoms with Crippen LogP contribution in [-0.2, 0) is 6.54 Å². The lowest BCUT2D eigenvalue weighted by Gasteiger charge is -2.35. The molecular weight excluding hydrogens is 380 g/mol. The van der Waals surface area contributed by atoms with Crippen molar-refractivity contribution in [2.24, 2.45) is 0 Å². The zero-order valence-corrected chi connectivity index (χ0v) is 17.4. The molecule has 3 nitrogen and oxygen atoms in total. The van der Waals surface area contributed by atoms with Gasteiger partial charge in [0.15, 0.2) is 0 Å². The number of carbonyl (C=O) groups is 1. The highest BCUT2D eigenvalue weighted by atomic mass is 35.5. The van der Waals surface area contributed by atoms with Gasteiger partial charge in [-0.25, -0.2) is 0 Å². The van der Waals surface area contributed by atoms with Crippen LogP contribution in [0.1, 0.15) is 21.5 Å². The molecule has 0 spiro atoms. The van der Waals surface area contributed by atoms with Crippen LogP contribution in [-0.4, -0.2) is 41.9 Å². The van der Waals surface area contributed by atoms with E-state index in [9.17, 15) is 4.79 Å². The summed E-state index contributed by atoms with van der Waals surface area (Å²) in [5, 5.41) is 0.797. The Morgan fingerprint density at radius 1 is 0.897 bits per heavy atom. The number of hydrogen-bond acceptors (Lipinski definition) is 2. The molecule has 4 rings (SSSR count). The fourth-order valence-electron chi connectivity index (χ4n) is 3.81. The fraction of sp³-hybridized carbons (Fsp3) is 0.240. The Bertz CT molecular complexity index is 995. The van der Waals surface area contributed by atoms with E-state index in [1.165, 1.54) is 11.1 Å². The molecule has 0 aliphatic carbocycles. The van der Waals surface area contributed by atoms with Gasteiger partial charge in [-0.05, 0) is 47.4 Å². The predicted molar refractivity (Wildman–Crippen MR) is 119 cm³/mol. The molecule has 1 amide bonds. The lowest BCUT2D eigenvalue weighted by Crippen LogP contribution is -2.48. The van der Waals surface area contributed by atoms with Crippen molar-refractivity contribution in [2.45, 2.75) is 13.5 Å². The second-order valence-electron chi connectivity index (χ2n) is 7.56. The average Bonchev–Trinajstić information content (AvgIpc) is 2.77. The Balaban J connectivity index is 1.44. The molecule has 3 aromatic rings. The van der Waals surface area contributed by atoms with E-state index in [1.807, 2.05) is 48.2 Å². The van der Waals surface area contributed by atoms with Crippen LogP contribution in [0.4, 0.5) is 0 Å². The van der Waals surface area contributed by atoms with E-state index in [1.54, 1.807) is 0 Å². The molecular formula is C25H25ClN2O. The smallest absolute Gasteiger partial charge is 0.253 e. The first-order chi connectivity index (χ1) is 14.1. The number of halogens is 1. The summed E-state index contributed by atoms with van der Waals surface area (Å²) in [6.07, 6.45) is 0. The van der Waals surface area contributed by atoms with Gasteiger partial charge >= 0.3 is 0 Å². The van der Waals surface area contributed by atoms with Crippen molar-refractivity contribution < 1.29 is 4.79 Å². The summed E-state index contributed by atoms with van der Waals surface area (Å²) in [5.41, 5.74) is 5.51. The average molecular weight is 405 g/mol. The normalized spacial score (nSPS) is 14.8. The molecule has 0 bridgehead atoms. The van der Waals surface area contributed by atoms with Crippen LogP contribution >= 0.6 is 11.6 Å². The Morgan fingerprint density at radius 3 is 2.31 bits per heavy atom. The second-order valence-corrected chi connectivity index (χ2v) is 7.96. The number of amides is 1. The van der Waals surface area contributed by atoms with Crippen molar-refractivity contribution in [1.29, 1.82) is 0 Å². The minimum absolute atomic E-state index is 0.125. The first-order valence-electron chi connectivity index (χ1n) is 10.0. The maximum Gasteiger partial charge on any atom is 0.253 e. The van der Waals surface area contributed by atoms with Gasteiger partial charge in [0, 0.05) is 43.3 Å². The maximum atomic E-state index is 12.7. The molecule has 0 aromatic heterocycles. The molecule has 4 heteroatoms. The highest BCUT2D eigenvalue weighted by molar-refractivity contribution is 6.31. The maximum absolute atomic E-state index is 12.7. The summed E-state index contributed by atoms with van der Waals surface area (Å²) in [6.45, 7) is 6.16. The lowest BCUT2D eigenvalue weighted by molar-refractivity contribution is 0.0628. The quantitative estimate of drug-likeness (QED) is 0.591. The van der Waals surface area contributed by atoms with Crippen LogP contribution in [0.3, 0.4) is 0 Å². The van der Waals surface area contributed by atoms with Crippen LogP contribution in [0.15, 0.2) is 72.8 Å². The van der Waals surface area contributed by atoms with E-state index in [0.29, 0.717) is 0 Å². The molecule has 0 saturated carbocycles. The largest absolute Gasteiger partial charge is 0.336 e. The van der Waals surface area contributed by atoms with Gasteiger partial charge in [0.2, 0.25) is 0 Å². The van der Waals surface area contributed by atoms with Crippen molar-refractivity contribution >= 4 is 17.5 Å². The molecule has 0 unspecified atom stereocenters. The number of aryl methyl sites for hydroxylation is 1. The van der Waals surface area contributed by atoms with E-state index >= 15 is 0 Å². The standard InChI is InChI=1S/C25H25ClN2O/c1-19-11-12-21(17-24(19)26)23-10-6-5-9-22(23)18-27-13-15-28(16-14-27)25(29)20-7-3-2-4-8-20/h2-12,17H,13-16,18H2,1H3. The third kappa shape index (κ3) is 4.52. The first-order valence-corrected chi connectivity index (χ1v) is 10.4. The highest BCUT2D eigenvalue weighted by Crippen LogP contribution is 2.29. The van der Waals surface area contributed by atoms with Gasteiger partial charge in [0.25, 0.3) is 5.91 Å². The number of nitrogens with zero attached hydrogens (tertiary/aromatic N) is 2. The molecule has 0 radical (unpaired) electrons. The van der Waals surface area contributed by atoms with Crippen molar-refractivity contribution in [2.75, 3.05) is 26.2 Å².